The first-order valence-corrected chi connectivity index (χ1v) is 7.35. The van der Waals surface area contributed by atoms with Crippen molar-refractivity contribution in [2.24, 2.45) is 17.1 Å². The molecule has 3 fully saturated rings. The first-order chi connectivity index (χ1) is 9.05. The largest absolute Gasteiger partial charge is 0.338 e. The van der Waals surface area contributed by atoms with Gasteiger partial charge in [-0.25, -0.2) is 0 Å². The Balaban J connectivity index is 1.67. The number of fused-ring (bicyclic) bond motifs is 1. The average Bonchev–Trinajstić information content (AvgIpc) is 2.75. The molecule has 2 aliphatic heterocycles. The Kier molecular flexibility index (Phi) is 3.04. The zero-order valence-corrected chi connectivity index (χ0v) is 11.6. The van der Waals surface area contributed by atoms with E-state index in [9.17, 15) is 9.59 Å². The zero-order valence-electron chi connectivity index (χ0n) is 11.6. The summed E-state index contributed by atoms with van der Waals surface area (Å²) in [5.41, 5.74) is 5.55. The quantitative estimate of drug-likeness (QED) is 0.775. The Hall–Kier alpha value is -1.10. The topological polar surface area (TPSA) is 66.6 Å². The third-order valence-corrected chi connectivity index (χ3v) is 5.10. The average molecular weight is 265 g/mol. The van der Waals surface area contributed by atoms with Crippen molar-refractivity contribution in [1.82, 2.24) is 9.80 Å². The molecule has 2 amide bonds. The highest BCUT2D eigenvalue weighted by Crippen LogP contribution is 2.46. The summed E-state index contributed by atoms with van der Waals surface area (Å²) in [5.74, 6) is 1.09. The molecule has 1 atom stereocenters. The van der Waals surface area contributed by atoms with Crippen LogP contribution in [0.1, 0.15) is 32.6 Å². The number of nitrogens with two attached hydrogens (primary N) is 1. The molecular weight excluding hydrogens is 242 g/mol. The minimum atomic E-state index is -0.301. The van der Waals surface area contributed by atoms with Gasteiger partial charge < -0.3 is 15.5 Å². The highest BCUT2D eigenvalue weighted by molar-refractivity contribution is 5.85. The lowest BCUT2D eigenvalue weighted by atomic mass is 9.61. The number of piperazine rings is 1. The fourth-order valence-corrected chi connectivity index (χ4v) is 4.09. The van der Waals surface area contributed by atoms with E-state index in [0.717, 1.165) is 19.3 Å². The number of hydrogen-bond donors (Lipinski definition) is 1. The van der Waals surface area contributed by atoms with E-state index >= 15 is 0 Å². The normalized spacial score (nSPS) is 38.1. The summed E-state index contributed by atoms with van der Waals surface area (Å²) >= 11 is 0. The maximum absolute atomic E-state index is 12.7. The molecule has 0 spiro atoms. The third kappa shape index (κ3) is 1.95. The molecule has 3 rings (SSSR count). The lowest BCUT2D eigenvalue weighted by Gasteiger charge is -2.49. The van der Waals surface area contributed by atoms with Crippen LogP contribution in [0.4, 0.5) is 0 Å². The van der Waals surface area contributed by atoms with Crippen molar-refractivity contribution in [1.29, 1.82) is 0 Å². The Morgan fingerprint density at radius 2 is 2.16 bits per heavy atom. The maximum Gasteiger partial charge on any atom is 0.230 e. The number of nitrogens with zero attached hydrogens (tertiary/aromatic N) is 2. The van der Waals surface area contributed by atoms with Crippen LogP contribution in [-0.4, -0.2) is 53.8 Å². The van der Waals surface area contributed by atoms with Crippen molar-refractivity contribution in [3.05, 3.63) is 0 Å². The third-order valence-electron chi connectivity index (χ3n) is 5.10. The van der Waals surface area contributed by atoms with Gasteiger partial charge in [-0.05, 0) is 25.2 Å². The van der Waals surface area contributed by atoms with Crippen molar-refractivity contribution >= 4 is 11.8 Å². The van der Waals surface area contributed by atoms with Crippen LogP contribution in [-0.2, 0) is 9.59 Å². The summed E-state index contributed by atoms with van der Waals surface area (Å²) in [5, 5.41) is 0. The van der Waals surface area contributed by atoms with Crippen LogP contribution in [0.5, 0.6) is 0 Å². The maximum atomic E-state index is 12.7. The monoisotopic (exact) mass is 265 g/mol. The second kappa shape index (κ2) is 4.47. The van der Waals surface area contributed by atoms with Gasteiger partial charge in [-0.2, -0.15) is 0 Å². The van der Waals surface area contributed by atoms with Crippen molar-refractivity contribution in [2.45, 2.75) is 38.6 Å². The molecule has 19 heavy (non-hydrogen) atoms. The van der Waals surface area contributed by atoms with Crippen LogP contribution < -0.4 is 5.73 Å². The summed E-state index contributed by atoms with van der Waals surface area (Å²) in [6.07, 6.45) is 3.39. The predicted octanol–water partition coefficient (Wildman–Crippen LogP) is 0.195. The highest BCUT2D eigenvalue weighted by atomic mass is 16.2. The molecule has 5 heteroatoms. The molecule has 0 aromatic heterocycles. The van der Waals surface area contributed by atoms with E-state index in [1.807, 2.05) is 9.80 Å². The van der Waals surface area contributed by atoms with Gasteiger partial charge in [-0.15, -0.1) is 0 Å². The molecule has 2 saturated heterocycles. The minimum absolute atomic E-state index is 0.229. The van der Waals surface area contributed by atoms with Gasteiger partial charge in [-0.1, -0.05) is 6.92 Å². The second-order valence-electron chi connectivity index (χ2n) is 6.53. The van der Waals surface area contributed by atoms with E-state index in [-0.39, 0.29) is 23.3 Å². The number of carbonyl (C=O) groups excluding carboxylic acids is 2. The van der Waals surface area contributed by atoms with Gasteiger partial charge in [0.05, 0.1) is 5.41 Å². The molecule has 3 aliphatic rings. The van der Waals surface area contributed by atoms with Crippen LogP contribution >= 0.6 is 0 Å². The SMILES string of the molecule is CC1CC(CN)(C(=O)N2CCN3C(=O)CCC3C2)C1. The minimum Gasteiger partial charge on any atom is -0.338 e. The van der Waals surface area contributed by atoms with Gasteiger partial charge in [0.15, 0.2) is 0 Å². The molecule has 0 aromatic rings. The standard InChI is InChI=1S/C14H23N3O2/c1-10-6-14(7-10,9-15)13(19)16-4-5-17-11(8-16)2-3-12(17)18/h10-11H,2-9,15H2,1H3. The first-order valence-electron chi connectivity index (χ1n) is 7.35. The molecule has 5 nitrogen and oxygen atoms in total. The molecule has 0 aromatic carbocycles. The van der Waals surface area contributed by atoms with E-state index in [0.29, 0.717) is 38.5 Å². The summed E-state index contributed by atoms with van der Waals surface area (Å²) in [6, 6.07) is 0.248. The summed E-state index contributed by atoms with van der Waals surface area (Å²) in [6.45, 7) is 4.72. The van der Waals surface area contributed by atoms with E-state index in [1.54, 1.807) is 0 Å². The van der Waals surface area contributed by atoms with E-state index in [1.165, 1.54) is 0 Å². The van der Waals surface area contributed by atoms with Crippen molar-refractivity contribution in [3.8, 4) is 0 Å². The summed E-state index contributed by atoms with van der Waals surface area (Å²) < 4.78 is 0. The molecule has 2 N–H and O–H groups in total. The van der Waals surface area contributed by atoms with Crippen molar-refractivity contribution < 1.29 is 9.59 Å². The zero-order chi connectivity index (χ0) is 13.6. The first kappa shape index (κ1) is 12.9. The van der Waals surface area contributed by atoms with Crippen molar-refractivity contribution in [3.63, 3.8) is 0 Å². The molecular formula is C14H23N3O2. The molecule has 1 aliphatic carbocycles. The van der Waals surface area contributed by atoms with Crippen LogP contribution in [0.2, 0.25) is 0 Å². The van der Waals surface area contributed by atoms with Gasteiger partial charge in [0, 0.05) is 38.6 Å². The van der Waals surface area contributed by atoms with Crippen LogP contribution in [0, 0.1) is 11.3 Å². The summed E-state index contributed by atoms with van der Waals surface area (Å²) in [4.78, 5) is 28.2. The van der Waals surface area contributed by atoms with Gasteiger partial charge in [0.25, 0.3) is 0 Å². The lowest BCUT2D eigenvalue weighted by molar-refractivity contribution is -0.154. The number of hydrogen-bond acceptors (Lipinski definition) is 3. The Morgan fingerprint density at radius 3 is 2.79 bits per heavy atom. The van der Waals surface area contributed by atoms with Gasteiger partial charge in [0.2, 0.25) is 11.8 Å². The molecule has 2 heterocycles. The van der Waals surface area contributed by atoms with E-state index < -0.39 is 0 Å². The Labute approximate surface area is 114 Å². The molecule has 1 saturated carbocycles. The van der Waals surface area contributed by atoms with Crippen LogP contribution in [0.3, 0.4) is 0 Å². The summed E-state index contributed by atoms with van der Waals surface area (Å²) in [7, 11) is 0. The van der Waals surface area contributed by atoms with Gasteiger partial charge in [0.1, 0.15) is 0 Å². The molecule has 0 radical (unpaired) electrons. The lowest BCUT2D eigenvalue weighted by Crippen LogP contribution is -2.60. The van der Waals surface area contributed by atoms with Crippen LogP contribution in [0.15, 0.2) is 0 Å². The fourth-order valence-electron chi connectivity index (χ4n) is 4.09. The second-order valence-corrected chi connectivity index (χ2v) is 6.53. The highest BCUT2D eigenvalue weighted by Gasteiger charge is 2.50. The molecule has 0 bridgehead atoms. The Bertz CT molecular complexity index is 403. The van der Waals surface area contributed by atoms with E-state index in [4.69, 9.17) is 5.73 Å². The smallest absolute Gasteiger partial charge is 0.230 e. The van der Waals surface area contributed by atoms with Crippen molar-refractivity contribution in [2.75, 3.05) is 26.2 Å². The molecule has 106 valence electrons. The number of amides is 2. The van der Waals surface area contributed by atoms with Gasteiger partial charge >= 0.3 is 0 Å². The van der Waals surface area contributed by atoms with E-state index in [2.05, 4.69) is 6.92 Å². The van der Waals surface area contributed by atoms with Crippen LogP contribution in [0.25, 0.3) is 0 Å². The fraction of sp³-hybridized carbons (Fsp3) is 0.857. The van der Waals surface area contributed by atoms with Gasteiger partial charge in [-0.3, -0.25) is 9.59 Å². The number of rotatable bonds is 2. The Morgan fingerprint density at radius 1 is 1.42 bits per heavy atom. The predicted molar refractivity (Wildman–Crippen MR) is 71.2 cm³/mol. The molecule has 1 unspecified atom stereocenters. The number of carbonyl (C=O) groups is 2.